The number of carbonyl (C=O) groups is 4. The predicted octanol–water partition coefficient (Wildman–Crippen LogP) is 2.05. The van der Waals surface area contributed by atoms with Gasteiger partial charge in [0.05, 0.1) is 11.3 Å². The number of likely N-dealkylation sites (N-methyl/N-ethyl adjacent to an activating group) is 1. The standard InChI is InChI=1S/C26H30N4O4/c1-16(2)23(29-18(4)31)26(34)30-22-13-9-7-11-20(22)15-14-19-10-6-8-12-21(19)25(33)28-17(3)24(32)27-5/h6-13,16-17,23H,1-5H3,(H,27,32)(H,28,33)(H,29,31)(H,30,34)/t17-,23-/m0/s1. The summed E-state index contributed by atoms with van der Waals surface area (Å²) >= 11 is 0. The quantitative estimate of drug-likeness (QED) is 0.471. The second-order valence-electron chi connectivity index (χ2n) is 8.06. The van der Waals surface area contributed by atoms with E-state index in [1.807, 2.05) is 13.8 Å². The van der Waals surface area contributed by atoms with Crippen molar-refractivity contribution in [2.24, 2.45) is 5.92 Å². The lowest BCUT2D eigenvalue weighted by atomic mass is 10.0. The maximum Gasteiger partial charge on any atom is 0.253 e. The lowest BCUT2D eigenvalue weighted by Crippen LogP contribution is -2.46. The molecule has 2 aromatic carbocycles. The Hall–Kier alpha value is -4.12. The summed E-state index contributed by atoms with van der Waals surface area (Å²) in [6.07, 6.45) is 0. The van der Waals surface area contributed by atoms with Gasteiger partial charge in [0.25, 0.3) is 5.91 Å². The van der Waals surface area contributed by atoms with E-state index in [1.54, 1.807) is 55.5 Å². The Morgan fingerprint density at radius 3 is 2.00 bits per heavy atom. The minimum atomic E-state index is -0.702. The summed E-state index contributed by atoms with van der Waals surface area (Å²) < 4.78 is 0. The number of hydrogen-bond acceptors (Lipinski definition) is 4. The number of anilines is 1. The fourth-order valence-corrected chi connectivity index (χ4v) is 3.15. The average molecular weight is 463 g/mol. The van der Waals surface area contributed by atoms with Crippen LogP contribution in [-0.4, -0.2) is 42.8 Å². The topological polar surface area (TPSA) is 116 Å². The fraction of sp³-hybridized carbons (Fsp3) is 0.308. The van der Waals surface area contributed by atoms with Crippen molar-refractivity contribution in [2.75, 3.05) is 12.4 Å². The molecule has 0 bridgehead atoms. The third kappa shape index (κ3) is 7.20. The maximum absolute atomic E-state index is 12.8. The number of nitrogens with one attached hydrogen (secondary N) is 4. The zero-order valence-corrected chi connectivity index (χ0v) is 20.0. The molecule has 8 heteroatoms. The first kappa shape index (κ1) is 26.1. The zero-order chi connectivity index (χ0) is 25.3. The molecule has 0 aliphatic heterocycles. The summed E-state index contributed by atoms with van der Waals surface area (Å²) in [5.74, 6) is 4.54. The van der Waals surface area contributed by atoms with Gasteiger partial charge in [0.15, 0.2) is 0 Å². The number of carbonyl (C=O) groups excluding carboxylic acids is 4. The Morgan fingerprint density at radius 2 is 1.38 bits per heavy atom. The predicted molar refractivity (Wildman–Crippen MR) is 131 cm³/mol. The highest BCUT2D eigenvalue weighted by Crippen LogP contribution is 2.16. The van der Waals surface area contributed by atoms with Gasteiger partial charge < -0.3 is 21.3 Å². The molecule has 0 radical (unpaired) electrons. The number of rotatable bonds is 7. The molecule has 0 unspecified atom stereocenters. The van der Waals surface area contributed by atoms with E-state index in [9.17, 15) is 19.2 Å². The van der Waals surface area contributed by atoms with Gasteiger partial charge in [-0.05, 0) is 37.1 Å². The number of hydrogen-bond donors (Lipinski definition) is 4. The van der Waals surface area contributed by atoms with E-state index < -0.39 is 18.0 Å². The van der Waals surface area contributed by atoms with E-state index in [4.69, 9.17) is 0 Å². The molecule has 0 fully saturated rings. The van der Waals surface area contributed by atoms with E-state index >= 15 is 0 Å². The van der Waals surface area contributed by atoms with Crippen molar-refractivity contribution in [3.05, 3.63) is 65.2 Å². The van der Waals surface area contributed by atoms with Crippen LogP contribution in [0.1, 0.15) is 49.2 Å². The van der Waals surface area contributed by atoms with Crippen LogP contribution in [0.2, 0.25) is 0 Å². The van der Waals surface area contributed by atoms with Crippen molar-refractivity contribution in [1.82, 2.24) is 16.0 Å². The Bertz CT molecular complexity index is 1130. The molecule has 0 heterocycles. The first-order chi connectivity index (χ1) is 16.1. The normalized spacial score (nSPS) is 11.9. The highest BCUT2D eigenvalue weighted by molar-refractivity contribution is 6.00. The minimum Gasteiger partial charge on any atom is -0.357 e. The zero-order valence-electron chi connectivity index (χ0n) is 20.0. The van der Waals surface area contributed by atoms with Crippen LogP contribution in [0.5, 0.6) is 0 Å². The number of amides is 4. The molecule has 2 atom stereocenters. The molecule has 0 aliphatic rings. The van der Waals surface area contributed by atoms with Gasteiger partial charge in [0.1, 0.15) is 12.1 Å². The van der Waals surface area contributed by atoms with Crippen LogP contribution in [0.25, 0.3) is 0 Å². The highest BCUT2D eigenvalue weighted by atomic mass is 16.2. The van der Waals surface area contributed by atoms with Crippen molar-refractivity contribution >= 4 is 29.3 Å². The van der Waals surface area contributed by atoms with Crippen LogP contribution in [0.3, 0.4) is 0 Å². The van der Waals surface area contributed by atoms with Gasteiger partial charge in [0.2, 0.25) is 17.7 Å². The molecular formula is C26H30N4O4. The van der Waals surface area contributed by atoms with Crippen LogP contribution >= 0.6 is 0 Å². The van der Waals surface area contributed by atoms with Crippen LogP contribution in [0, 0.1) is 17.8 Å². The Labute approximate surface area is 199 Å². The lowest BCUT2D eigenvalue weighted by molar-refractivity contribution is -0.126. The van der Waals surface area contributed by atoms with E-state index in [1.165, 1.54) is 14.0 Å². The Kier molecular flexibility index (Phi) is 9.38. The molecule has 0 spiro atoms. The molecule has 2 aromatic rings. The summed E-state index contributed by atoms with van der Waals surface area (Å²) in [6, 6.07) is 12.5. The Morgan fingerprint density at radius 1 is 0.794 bits per heavy atom. The van der Waals surface area contributed by atoms with Gasteiger partial charge in [-0.1, -0.05) is 50.0 Å². The smallest absolute Gasteiger partial charge is 0.253 e. The average Bonchev–Trinajstić information content (AvgIpc) is 2.81. The van der Waals surface area contributed by atoms with Crippen LogP contribution in [0.4, 0.5) is 5.69 Å². The second-order valence-corrected chi connectivity index (χ2v) is 8.06. The van der Waals surface area contributed by atoms with Crippen molar-refractivity contribution in [2.45, 2.75) is 39.8 Å². The van der Waals surface area contributed by atoms with Gasteiger partial charge in [-0.15, -0.1) is 0 Å². The molecule has 0 aromatic heterocycles. The number of benzene rings is 2. The van der Waals surface area contributed by atoms with Crippen molar-refractivity contribution in [3.63, 3.8) is 0 Å². The monoisotopic (exact) mass is 462 g/mol. The van der Waals surface area contributed by atoms with Crippen LogP contribution in [0.15, 0.2) is 48.5 Å². The van der Waals surface area contributed by atoms with Crippen molar-refractivity contribution in [3.8, 4) is 11.8 Å². The highest BCUT2D eigenvalue weighted by Gasteiger charge is 2.23. The summed E-state index contributed by atoms with van der Waals surface area (Å²) in [6.45, 7) is 6.65. The van der Waals surface area contributed by atoms with Gasteiger partial charge in [-0.2, -0.15) is 0 Å². The second kappa shape index (κ2) is 12.2. The SMILES string of the molecule is CNC(=O)[C@H](C)NC(=O)c1ccccc1C#Cc1ccccc1NC(=O)[C@@H](NC(C)=O)C(C)C. The van der Waals surface area contributed by atoms with E-state index in [0.717, 1.165) is 0 Å². The molecule has 8 nitrogen and oxygen atoms in total. The van der Waals surface area contributed by atoms with Crippen LogP contribution < -0.4 is 21.3 Å². The molecule has 2 rings (SSSR count). The van der Waals surface area contributed by atoms with E-state index in [2.05, 4.69) is 33.1 Å². The third-order valence-electron chi connectivity index (χ3n) is 4.98. The summed E-state index contributed by atoms with van der Waals surface area (Å²) in [4.78, 5) is 48.7. The summed E-state index contributed by atoms with van der Waals surface area (Å²) in [5.41, 5.74) is 1.85. The molecule has 0 saturated heterocycles. The fourth-order valence-electron chi connectivity index (χ4n) is 3.15. The molecule has 4 amide bonds. The molecule has 0 saturated carbocycles. The molecule has 178 valence electrons. The minimum absolute atomic E-state index is 0.107. The van der Waals surface area contributed by atoms with E-state index in [-0.39, 0.29) is 23.6 Å². The van der Waals surface area contributed by atoms with Crippen molar-refractivity contribution < 1.29 is 19.2 Å². The summed E-state index contributed by atoms with van der Waals surface area (Å²) in [5, 5.41) is 10.6. The molecule has 0 aliphatic carbocycles. The third-order valence-corrected chi connectivity index (χ3v) is 4.98. The molecular weight excluding hydrogens is 432 g/mol. The molecule has 34 heavy (non-hydrogen) atoms. The first-order valence-electron chi connectivity index (χ1n) is 10.9. The number of para-hydroxylation sites is 1. The van der Waals surface area contributed by atoms with Crippen LogP contribution in [-0.2, 0) is 14.4 Å². The van der Waals surface area contributed by atoms with Crippen molar-refractivity contribution in [1.29, 1.82) is 0 Å². The van der Waals surface area contributed by atoms with E-state index in [0.29, 0.717) is 22.4 Å². The lowest BCUT2D eigenvalue weighted by Gasteiger charge is -2.21. The largest absolute Gasteiger partial charge is 0.357 e. The first-order valence-corrected chi connectivity index (χ1v) is 10.9. The van der Waals surface area contributed by atoms with Gasteiger partial charge in [0, 0.05) is 25.1 Å². The van der Waals surface area contributed by atoms with Gasteiger partial charge in [-0.25, -0.2) is 0 Å². The summed E-state index contributed by atoms with van der Waals surface area (Å²) in [7, 11) is 1.50. The Balaban J connectivity index is 2.30. The van der Waals surface area contributed by atoms with Gasteiger partial charge in [-0.3, -0.25) is 19.2 Å². The van der Waals surface area contributed by atoms with Gasteiger partial charge >= 0.3 is 0 Å². The molecule has 4 N–H and O–H groups in total. The maximum atomic E-state index is 12.8.